The predicted molar refractivity (Wildman–Crippen MR) is 109 cm³/mol. The summed E-state index contributed by atoms with van der Waals surface area (Å²) >= 11 is 11.0. The molecule has 0 atom stereocenters. The SMILES string of the molecule is COCCCNC(=S)Nc1ccc(S(=O)(=O)Nc2ccc(Cl)cc2)cc1. The second-order valence-electron chi connectivity index (χ2n) is 5.36. The molecule has 0 spiro atoms. The highest BCUT2D eigenvalue weighted by molar-refractivity contribution is 7.92. The Kier molecular flexibility index (Phi) is 7.65. The zero-order valence-corrected chi connectivity index (χ0v) is 16.5. The van der Waals surface area contributed by atoms with E-state index in [0.29, 0.717) is 34.7 Å². The second-order valence-corrected chi connectivity index (χ2v) is 7.89. The van der Waals surface area contributed by atoms with Crippen LogP contribution in [0.5, 0.6) is 0 Å². The minimum absolute atomic E-state index is 0.150. The molecular formula is C17H20ClN3O3S2. The molecule has 6 nitrogen and oxygen atoms in total. The molecule has 2 rings (SSSR count). The topological polar surface area (TPSA) is 79.5 Å². The number of nitrogens with one attached hydrogen (secondary N) is 3. The van der Waals surface area contributed by atoms with Gasteiger partial charge in [0.25, 0.3) is 10.0 Å². The van der Waals surface area contributed by atoms with Gasteiger partial charge in [0.05, 0.1) is 4.90 Å². The van der Waals surface area contributed by atoms with Crippen molar-refractivity contribution < 1.29 is 13.2 Å². The van der Waals surface area contributed by atoms with E-state index >= 15 is 0 Å². The number of anilines is 2. The molecule has 26 heavy (non-hydrogen) atoms. The summed E-state index contributed by atoms with van der Waals surface area (Å²) in [6.45, 7) is 1.35. The van der Waals surface area contributed by atoms with E-state index in [1.807, 2.05) is 0 Å². The number of thiocarbonyl (C=S) groups is 1. The standard InChI is InChI=1S/C17H20ClN3O3S2/c1-24-12-2-11-19-17(25)20-14-7-9-16(10-8-14)26(22,23)21-15-5-3-13(18)4-6-15/h3-10,21H,2,11-12H2,1H3,(H2,19,20,25). The van der Waals surface area contributed by atoms with Gasteiger partial charge in [0.15, 0.2) is 5.11 Å². The van der Waals surface area contributed by atoms with Gasteiger partial charge in [-0.3, -0.25) is 4.72 Å². The molecule has 0 aliphatic rings. The normalized spacial score (nSPS) is 11.0. The van der Waals surface area contributed by atoms with Gasteiger partial charge in [-0.25, -0.2) is 8.42 Å². The quantitative estimate of drug-likeness (QED) is 0.454. The summed E-state index contributed by atoms with van der Waals surface area (Å²) in [6, 6.07) is 12.8. The third-order valence-corrected chi connectivity index (χ3v) is 5.23. The Bertz CT molecular complexity index is 825. The number of sulfonamides is 1. The zero-order chi connectivity index (χ0) is 19.0. The summed E-state index contributed by atoms with van der Waals surface area (Å²) in [6.07, 6.45) is 0.839. The first-order valence-electron chi connectivity index (χ1n) is 7.83. The summed E-state index contributed by atoms with van der Waals surface area (Å²) in [4.78, 5) is 0.150. The molecule has 3 N–H and O–H groups in total. The monoisotopic (exact) mass is 413 g/mol. The number of hydrogen-bond donors (Lipinski definition) is 3. The largest absolute Gasteiger partial charge is 0.385 e. The Morgan fingerprint density at radius 1 is 1.08 bits per heavy atom. The highest BCUT2D eigenvalue weighted by Crippen LogP contribution is 2.19. The fraction of sp³-hybridized carbons (Fsp3) is 0.235. The van der Waals surface area contributed by atoms with E-state index in [9.17, 15) is 8.42 Å². The number of rotatable bonds is 8. The Morgan fingerprint density at radius 2 is 1.69 bits per heavy atom. The molecule has 0 saturated carbocycles. The molecule has 0 unspecified atom stereocenters. The van der Waals surface area contributed by atoms with Crippen LogP contribution < -0.4 is 15.4 Å². The Labute approximate surface area is 163 Å². The Balaban J connectivity index is 1.95. The summed E-state index contributed by atoms with van der Waals surface area (Å²) in [5, 5.41) is 7.06. The number of halogens is 1. The molecule has 0 heterocycles. The van der Waals surface area contributed by atoms with E-state index in [4.69, 9.17) is 28.6 Å². The van der Waals surface area contributed by atoms with Crippen molar-refractivity contribution in [2.24, 2.45) is 0 Å². The van der Waals surface area contributed by atoms with Crippen molar-refractivity contribution in [3.05, 3.63) is 53.6 Å². The fourth-order valence-corrected chi connectivity index (χ4v) is 3.45. The highest BCUT2D eigenvalue weighted by Gasteiger charge is 2.14. The van der Waals surface area contributed by atoms with Crippen LogP contribution in [0.15, 0.2) is 53.4 Å². The van der Waals surface area contributed by atoms with E-state index in [2.05, 4.69) is 15.4 Å². The highest BCUT2D eigenvalue weighted by atomic mass is 35.5. The van der Waals surface area contributed by atoms with Crippen LogP contribution >= 0.6 is 23.8 Å². The number of hydrogen-bond acceptors (Lipinski definition) is 4. The Morgan fingerprint density at radius 3 is 2.31 bits per heavy atom. The van der Waals surface area contributed by atoms with Crippen LogP contribution in [0, 0.1) is 0 Å². The van der Waals surface area contributed by atoms with Crippen LogP contribution in [0.3, 0.4) is 0 Å². The molecule has 9 heteroatoms. The van der Waals surface area contributed by atoms with Gasteiger partial charge in [0.2, 0.25) is 0 Å². The average Bonchev–Trinajstić information content (AvgIpc) is 2.61. The average molecular weight is 414 g/mol. The molecule has 0 aliphatic carbocycles. The minimum atomic E-state index is -3.68. The van der Waals surface area contributed by atoms with E-state index in [0.717, 1.165) is 6.42 Å². The number of ether oxygens (including phenoxy) is 1. The molecule has 0 saturated heterocycles. The molecule has 0 fully saturated rings. The van der Waals surface area contributed by atoms with Gasteiger partial charge in [0.1, 0.15) is 0 Å². The van der Waals surface area contributed by atoms with Crippen molar-refractivity contribution in [3.8, 4) is 0 Å². The van der Waals surface area contributed by atoms with Crippen molar-refractivity contribution in [3.63, 3.8) is 0 Å². The van der Waals surface area contributed by atoms with Gasteiger partial charge in [-0.05, 0) is 67.2 Å². The van der Waals surface area contributed by atoms with E-state index < -0.39 is 10.0 Å². The molecule has 0 aliphatic heterocycles. The number of benzene rings is 2. The first-order chi connectivity index (χ1) is 12.4. The van der Waals surface area contributed by atoms with E-state index in [-0.39, 0.29) is 4.90 Å². The van der Waals surface area contributed by atoms with Crippen molar-refractivity contribution in [1.29, 1.82) is 0 Å². The van der Waals surface area contributed by atoms with Crippen molar-refractivity contribution in [2.45, 2.75) is 11.3 Å². The van der Waals surface area contributed by atoms with Crippen molar-refractivity contribution in [2.75, 3.05) is 30.3 Å². The van der Waals surface area contributed by atoms with Crippen LogP contribution in [0.1, 0.15) is 6.42 Å². The first-order valence-corrected chi connectivity index (χ1v) is 10.1. The van der Waals surface area contributed by atoms with Gasteiger partial charge in [0, 0.05) is 36.7 Å². The molecule has 2 aromatic carbocycles. The number of methoxy groups -OCH3 is 1. The second kappa shape index (κ2) is 9.72. The van der Waals surface area contributed by atoms with Gasteiger partial charge >= 0.3 is 0 Å². The van der Waals surface area contributed by atoms with E-state index in [1.54, 1.807) is 43.5 Å². The van der Waals surface area contributed by atoms with Crippen LogP contribution in [0.4, 0.5) is 11.4 Å². The van der Waals surface area contributed by atoms with Crippen molar-refractivity contribution >= 4 is 50.3 Å². The van der Waals surface area contributed by atoms with Gasteiger partial charge in [-0.2, -0.15) is 0 Å². The molecular weight excluding hydrogens is 394 g/mol. The smallest absolute Gasteiger partial charge is 0.261 e. The third kappa shape index (κ3) is 6.45. The van der Waals surface area contributed by atoms with Crippen LogP contribution in [-0.4, -0.2) is 33.8 Å². The lowest BCUT2D eigenvalue weighted by Crippen LogP contribution is -2.29. The lowest BCUT2D eigenvalue weighted by atomic mass is 10.3. The summed E-state index contributed by atoms with van der Waals surface area (Å²) in [7, 11) is -2.03. The van der Waals surface area contributed by atoms with Crippen molar-refractivity contribution in [1.82, 2.24) is 5.32 Å². The Hall–Kier alpha value is -1.87. The fourth-order valence-electron chi connectivity index (χ4n) is 2.04. The summed E-state index contributed by atoms with van der Waals surface area (Å²) < 4.78 is 32.3. The maximum absolute atomic E-state index is 12.4. The molecule has 2 aromatic rings. The van der Waals surface area contributed by atoms with Crippen LogP contribution in [0.25, 0.3) is 0 Å². The van der Waals surface area contributed by atoms with E-state index in [1.165, 1.54) is 12.1 Å². The molecule has 0 aromatic heterocycles. The van der Waals surface area contributed by atoms with Crippen LogP contribution in [0.2, 0.25) is 5.02 Å². The lowest BCUT2D eigenvalue weighted by molar-refractivity contribution is 0.196. The van der Waals surface area contributed by atoms with Gasteiger partial charge in [-0.1, -0.05) is 11.6 Å². The third-order valence-electron chi connectivity index (χ3n) is 3.33. The summed E-state index contributed by atoms with van der Waals surface area (Å²) in [5.41, 5.74) is 1.14. The van der Waals surface area contributed by atoms with Gasteiger partial charge < -0.3 is 15.4 Å². The maximum Gasteiger partial charge on any atom is 0.261 e. The maximum atomic E-state index is 12.4. The molecule has 0 bridgehead atoms. The predicted octanol–water partition coefficient (Wildman–Crippen LogP) is 3.46. The molecule has 140 valence electrons. The summed E-state index contributed by atoms with van der Waals surface area (Å²) in [5.74, 6) is 0. The van der Waals surface area contributed by atoms with Crippen LogP contribution in [-0.2, 0) is 14.8 Å². The lowest BCUT2D eigenvalue weighted by Gasteiger charge is -2.12. The molecule has 0 radical (unpaired) electrons. The minimum Gasteiger partial charge on any atom is -0.385 e. The zero-order valence-electron chi connectivity index (χ0n) is 14.2. The first kappa shape index (κ1) is 20.4. The van der Waals surface area contributed by atoms with Gasteiger partial charge in [-0.15, -0.1) is 0 Å². The molecule has 0 amide bonds.